The molecule has 0 heterocycles. The molecule has 0 fully saturated rings. The van der Waals surface area contributed by atoms with Gasteiger partial charge in [-0.15, -0.1) is 0 Å². The van der Waals surface area contributed by atoms with Crippen LogP contribution in [0.3, 0.4) is 0 Å². The number of hydrogen-bond acceptors (Lipinski definition) is 3. The molecule has 0 radical (unpaired) electrons. The van der Waals surface area contributed by atoms with Crippen LogP contribution in [0.1, 0.15) is 30.9 Å². The lowest BCUT2D eigenvalue weighted by Crippen LogP contribution is -2.35. The first kappa shape index (κ1) is 14.5. The number of ether oxygens (including phenoxy) is 1. The number of sulfonamides is 1. The second-order valence-corrected chi connectivity index (χ2v) is 6.83. The van der Waals surface area contributed by atoms with E-state index in [1.165, 1.54) is 17.5 Å². The summed E-state index contributed by atoms with van der Waals surface area (Å²) in [6.07, 6.45) is 4.38. The van der Waals surface area contributed by atoms with Crippen LogP contribution in [0.5, 0.6) is 0 Å². The number of methoxy groups -OCH3 is 1. The van der Waals surface area contributed by atoms with Crippen LogP contribution in [0.4, 0.5) is 0 Å². The van der Waals surface area contributed by atoms with Crippen LogP contribution in [0.15, 0.2) is 23.1 Å². The van der Waals surface area contributed by atoms with Crippen LogP contribution in [0.25, 0.3) is 0 Å². The molecule has 0 amide bonds. The van der Waals surface area contributed by atoms with Gasteiger partial charge >= 0.3 is 0 Å². The summed E-state index contributed by atoms with van der Waals surface area (Å²) >= 11 is 0. The second kappa shape index (κ2) is 6.03. The standard InChI is InChI=1S/C14H21NO3S/c1-11(10-18-2)15-19(16,17)14-8-7-12-5-3-4-6-13(12)9-14/h7-9,11,15H,3-6,10H2,1-2H3/t11-/m0/s1. The van der Waals surface area contributed by atoms with Gasteiger partial charge in [-0.2, -0.15) is 0 Å². The van der Waals surface area contributed by atoms with E-state index in [0.29, 0.717) is 11.5 Å². The molecule has 0 saturated heterocycles. The van der Waals surface area contributed by atoms with Gasteiger partial charge < -0.3 is 4.74 Å². The first-order chi connectivity index (χ1) is 9.03. The largest absolute Gasteiger partial charge is 0.383 e. The predicted octanol–water partition coefficient (Wildman–Crippen LogP) is 1.88. The molecule has 2 rings (SSSR count). The third-order valence-electron chi connectivity index (χ3n) is 3.40. The van der Waals surface area contributed by atoms with Crippen molar-refractivity contribution >= 4 is 10.0 Å². The molecular formula is C14H21NO3S. The van der Waals surface area contributed by atoms with Crippen molar-refractivity contribution in [2.24, 2.45) is 0 Å². The second-order valence-electron chi connectivity index (χ2n) is 5.12. The molecule has 106 valence electrons. The van der Waals surface area contributed by atoms with E-state index in [-0.39, 0.29) is 6.04 Å². The molecule has 1 aliphatic carbocycles. The molecule has 4 nitrogen and oxygen atoms in total. The Morgan fingerprint density at radius 2 is 1.95 bits per heavy atom. The third-order valence-corrected chi connectivity index (χ3v) is 4.99. The minimum atomic E-state index is -3.45. The van der Waals surface area contributed by atoms with Gasteiger partial charge in [0.25, 0.3) is 0 Å². The maximum absolute atomic E-state index is 12.2. The van der Waals surface area contributed by atoms with Crippen molar-refractivity contribution in [3.05, 3.63) is 29.3 Å². The Balaban J connectivity index is 2.21. The van der Waals surface area contributed by atoms with E-state index in [4.69, 9.17) is 4.74 Å². The highest BCUT2D eigenvalue weighted by atomic mass is 32.2. The summed E-state index contributed by atoms with van der Waals surface area (Å²) in [5, 5.41) is 0. The molecule has 0 unspecified atom stereocenters. The molecule has 5 heteroatoms. The fourth-order valence-corrected chi connectivity index (χ4v) is 3.77. The molecule has 1 N–H and O–H groups in total. The van der Waals surface area contributed by atoms with Gasteiger partial charge in [0.1, 0.15) is 0 Å². The summed E-state index contributed by atoms with van der Waals surface area (Å²) in [6, 6.07) is 5.23. The molecule has 0 saturated carbocycles. The normalized spacial score (nSPS) is 16.9. The van der Waals surface area contributed by atoms with Gasteiger partial charge in [0.05, 0.1) is 11.5 Å². The van der Waals surface area contributed by atoms with Crippen molar-refractivity contribution in [2.45, 2.75) is 43.5 Å². The number of fused-ring (bicyclic) bond motifs is 1. The maximum Gasteiger partial charge on any atom is 0.240 e. The van der Waals surface area contributed by atoms with Crippen LogP contribution in [0.2, 0.25) is 0 Å². The van der Waals surface area contributed by atoms with Crippen LogP contribution in [-0.2, 0) is 27.6 Å². The average Bonchev–Trinajstić information content (AvgIpc) is 2.37. The Labute approximate surface area is 115 Å². The van der Waals surface area contributed by atoms with Crippen LogP contribution in [-0.4, -0.2) is 28.2 Å². The summed E-state index contributed by atoms with van der Waals surface area (Å²) in [4.78, 5) is 0.358. The molecule has 1 atom stereocenters. The van der Waals surface area contributed by atoms with Crippen LogP contribution >= 0.6 is 0 Å². The zero-order valence-corrected chi connectivity index (χ0v) is 12.3. The van der Waals surface area contributed by atoms with Crippen molar-refractivity contribution in [1.29, 1.82) is 0 Å². The summed E-state index contributed by atoms with van der Waals surface area (Å²) in [7, 11) is -1.89. The van der Waals surface area contributed by atoms with E-state index in [0.717, 1.165) is 19.3 Å². The fourth-order valence-electron chi connectivity index (χ4n) is 2.49. The van der Waals surface area contributed by atoms with Crippen molar-refractivity contribution in [1.82, 2.24) is 4.72 Å². The van der Waals surface area contributed by atoms with Crippen molar-refractivity contribution in [3.63, 3.8) is 0 Å². The first-order valence-corrected chi connectivity index (χ1v) is 8.14. The van der Waals surface area contributed by atoms with E-state index in [2.05, 4.69) is 4.72 Å². The smallest absolute Gasteiger partial charge is 0.240 e. The molecule has 0 aliphatic heterocycles. The Morgan fingerprint density at radius 1 is 1.26 bits per heavy atom. The molecule has 0 aromatic heterocycles. The molecule has 0 spiro atoms. The van der Waals surface area contributed by atoms with Crippen LogP contribution in [0, 0.1) is 0 Å². The van der Waals surface area contributed by atoms with Gasteiger partial charge in [-0.05, 0) is 55.9 Å². The van der Waals surface area contributed by atoms with Crippen molar-refractivity contribution in [3.8, 4) is 0 Å². The fraction of sp³-hybridized carbons (Fsp3) is 0.571. The highest BCUT2D eigenvalue weighted by Gasteiger charge is 2.19. The lowest BCUT2D eigenvalue weighted by atomic mass is 9.92. The van der Waals surface area contributed by atoms with E-state index in [1.807, 2.05) is 12.1 Å². The molecule has 1 aromatic rings. The zero-order chi connectivity index (χ0) is 13.9. The van der Waals surface area contributed by atoms with Gasteiger partial charge in [0.15, 0.2) is 0 Å². The van der Waals surface area contributed by atoms with E-state index in [1.54, 1.807) is 20.1 Å². The number of benzene rings is 1. The topological polar surface area (TPSA) is 55.4 Å². The van der Waals surface area contributed by atoms with E-state index < -0.39 is 10.0 Å². The first-order valence-electron chi connectivity index (χ1n) is 6.66. The SMILES string of the molecule is COC[C@H](C)NS(=O)(=O)c1ccc2c(c1)CCCC2. The number of rotatable bonds is 5. The van der Waals surface area contributed by atoms with Gasteiger partial charge in [-0.25, -0.2) is 13.1 Å². The minimum Gasteiger partial charge on any atom is -0.383 e. The van der Waals surface area contributed by atoms with Gasteiger partial charge in [0.2, 0.25) is 10.0 Å². The van der Waals surface area contributed by atoms with Crippen LogP contribution < -0.4 is 4.72 Å². The highest BCUT2D eigenvalue weighted by Crippen LogP contribution is 2.24. The van der Waals surface area contributed by atoms with Gasteiger partial charge in [-0.3, -0.25) is 0 Å². The lowest BCUT2D eigenvalue weighted by Gasteiger charge is -2.18. The van der Waals surface area contributed by atoms with Gasteiger partial charge in [0, 0.05) is 13.2 Å². The highest BCUT2D eigenvalue weighted by molar-refractivity contribution is 7.89. The van der Waals surface area contributed by atoms with Crippen molar-refractivity contribution < 1.29 is 13.2 Å². The minimum absolute atomic E-state index is 0.231. The summed E-state index contributed by atoms with van der Waals surface area (Å²) < 4.78 is 32.0. The summed E-state index contributed by atoms with van der Waals surface area (Å²) in [6.45, 7) is 2.16. The Kier molecular flexibility index (Phi) is 4.60. The Bertz CT molecular complexity index is 540. The van der Waals surface area contributed by atoms with E-state index in [9.17, 15) is 8.42 Å². The monoisotopic (exact) mass is 283 g/mol. The summed E-state index contributed by atoms with van der Waals surface area (Å²) in [5.74, 6) is 0. The maximum atomic E-state index is 12.2. The number of hydrogen-bond donors (Lipinski definition) is 1. The Hall–Kier alpha value is -0.910. The lowest BCUT2D eigenvalue weighted by molar-refractivity contribution is 0.180. The number of aryl methyl sites for hydroxylation is 2. The Morgan fingerprint density at radius 3 is 2.63 bits per heavy atom. The molecule has 1 aliphatic rings. The molecule has 0 bridgehead atoms. The van der Waals surface area contributed by atoms with Crippen molar-refractivity contribution in [2.75, 3.05) is 13.7 Å². The third kappa shape index (κ3) is 3.55. The molecule has 1 aromatic carbocycles. The predicted molar refractivity (Wildman–Crippen MR) is 74.7 cm³/mol. The number of nitrogens with one attached hydrogen (secondary N) is 1. The zero-order valence-electron chi connectivity index (χ0n) is 11.5. The molecule has 19 heavy (non-hydrogen) atoms. The van der Waals surface area contributed by atoms with Gasteiger partial charge in [-0.1, -0.05) is 6.07 Å². The summed E-state index contributed by atoms with van der Waals surface area (Å²) in [5.41, 5.74) is 2.46. The molecular weight excluding hydrogens is 262 g/mol. The average molecular weight is 283 g/mol. The quantitative estimate of drug-likeness (QED) is 0.897. The van der Waals surface area contributed by atoms with E-state index >= 15 is 0 Å².